The van der Waals surface area contributed by atoms with E-state index in [1.54, 1.807) is 26.0 Å². The maximum absolute atomic E-state index is 14.0. The number of nitrogens with zero attached hydrogens (tertiary/aromatic N) is 2. The first-order valence-electron chi connectivity index (χ1n) is 8.89. The third-order valence-corrected chi connectivity index (χ3v) is 4.90. The van der Waals surface area contributed by atoms with E-state index in [4.69, 9.17) is 9.26 Å². The highest BCUT2D eigenvalue weighted by Crippen LogP contribution is 2.40. The van der Waals surface area contributed by atoms with Crippen LogP contribution in [0.1, 0.15) is 59.0 Å². The van der Waals surface area contributed by atoms with Crippen LogP contribution in [0.2, 0.25) is 0 Å². The van der Waals surface area contributed by atoms with Gasteiger partial charge in [-0.25, -0.2) is 9.37 Å². The average Bonchev–Trinajstić information content (AvgIpc) is 3.44. The van der Waals surface area contributed by atoms with E-state index in [0.717, 1.165) is 18.5 Å². The van der Waals surface area contributed by atoms with E-state index in [9.17, 15) is 9.18 Å². The van der Waals surface area contributed by atoms with Crippen molar-refractivity contribution in [2.75, 3.05) is 7.11 Å². The number of pyridine rings is 1. The predicted molar refractivity (Wildman–Crippen MR) is 97.3 cm³/mol. The molecule has 140 valence electrons. The van der Waals surface area contributed by atoms with Gasteiger partial charge in [-0.3, -0.25) is 4.79 Å². The number of aryl methyl sites for hydroxylation is 1. The third kappa shape index (κ3) is 3.25. The van der Waals surface area contributed by atoms with Crippen LogP contribution < -0.4 is 10.1 Å². The van der Waals surface area contributed by atoms with E-state index in [1.165, 1.54) is 13.2 Å². The number of methoxy groups -OCH3 is 1. The minimum atomic E-state index is -0.465. The molecule has 0 aliphatic heterocycles. The highest BCUT2D eigenvalue weighted by molar-refractivity contribution is 6.06. The summed E-state index contributed by atoms with van der Waals surface area (Å²) in [5.74, 6) is -0.186. The number of halogens is 1. The van der Waals surface area contributed by atoms with Crippen LogP contribution in [0.3, 0.4) is 0 Å². The van der Waals surface area contributed by atoms with Gasteiger partial charge in [-0.15, -0.1) is 0 Å². The van der Waals surface area contributed by atoms with Crippen molar-refractivity contribution in [3.05, 3.63) is 52.6 Å². The summed E-state index contributed by atoms with van der Waals surface area (Å²) < 4.78 is 24.2. The molecule has 1 aliphatic carbocycles. The molecule has 0 saturated heterocycles. The molecule has 27 heavy (non-hydrogen) atoms. The third-order valence-electron chi connectivity index (χ3n) is 4.90. The van der Waals surface area contributed by atoms with Crippen LogP contribution in [0.5, 0.6) is 5.75 Å². The Kier molecular flexibility index (Phi) is 4.30. The molecule has 1 fully saturated rings. The van der Waals surface area contributed by atoms with E-state index in [1.807, 2.05) is 6.07 Å². The highest BCUT2D eigenvalue weighted by Gasteiger charge is 2.29. The van der Waals surface area contributed by atoms with Gasteiger partial charge in [0.2, 0.25) is 0 Å². The second-order valence-electron chi connectivity index (χ2n) is 6.91. The molecule has 1 aliphatic rings. The molecule has 1 saturated carbocycles. The number of carbonyl (C=O) groups is 1. The molecule has 3 aromatic rings. The van der Waals surface area contributed by atoms with E-state index in [-0.39, 0.29) is 17.7 Å². The average molecular weight is 369 g/mol. The number of rotatable bonds is 5. The largest absolute Gasteiger partial charge is 0.494 e. The van der Waals surface area contributed by atoms with Crippen molar-refractivity contribution in [1.29, 1.82) is 0 Å². The quantitative estimate of drug-likeness (QED) is 0.734. The lowest BCUT2D eigenvalue weighted by atomic mass is 10.0. The fourth-order valence-electron chi connectivity index (χ4n) is 3.19. The molecular weight excluding hydrogens is 349 g/mol. The van der Waals surface area contributed by atoms with Gasteiger partial charge in [0.1, 0.15) is 0 Å². The molecule has 1 amide bonds. The second-order valence-corrected chi connectivity index (χ2v) is 6.91. The highest BCUT2D eigenvalue weighted by atomic mass is 19.1. The Labute approximate surface area is 155 Å². The second kappa shape index (κ2) is 6.64. The lowest BCUT2D eigenvalue weighted by Gasteiger charge is -2.16. The molecule has 0 radical (unpaired) electrons. The molecule has 1 aromatic carbocycles. The number of hydrogen-bond donors (Lipinski definition) is 1. The molecule has 1 N–H and O–H groups in total. The van der Waals surface area contributed by atoms with E-state index in [2.05, 4.69) is 15.5 Å². The van der Waals surface area contributed by atoms with Gasteiger partial charge < -0.3 is 14.6 Å². The summed E-state index contributed by atoms with van der Waals surface area (Å²) in [4.78, 5) is 17.5. The number of benzene rings is 1. The topological polar surface area (TPSA) is 77.2 Å². The summed E-state index contributed by atoms with van der Waals surface area (Å²) >= 11 is 0. The number of amides is 1. The number of hydrogen-bond acceptors (Lipinski definition) is 5. The summed E-state index contributed by atoms with van der Waals surface area (Å²) in [5.41, 5.74) is 2.99. The molecule has 0 bridgehead atoms. The fraction of sp³-hybridized carbons (Fsp3) is 0.350. The van der Waals surface area contributed by atoms with Crippen LogP contribution in [-0.2, 0) is 0 Å². The first-order chi connectivity index (χ1) is 13.0. The molecule has 2 aromatic heterocycles. The minimum Gasteiger partial charge on any atom is -0.494 e. The lowest BCUT2D eigenvalue weighted by Crippen LogP contribution is -2.27. The Bertz CT molecular complexity index is 1030. The monoisotopic (exact) mass is 369 g/mol. The first kappa shape index (κ1) is 17.5. The predicted octanol–water partition coefficient (Wildman–Crippen LogP) is 4.05. The van der Waals surface area contributed by atoms with Gasteiger partial charge in [0.05, 0.1) is 29.8 Å². The normalized spacial score (nSPS) is 15.0. The van der Waals surface area contributed by atoms with Gasteiger partial charge in [-0.1, -0.05) is 11.2 Å². The number of fused-ring (bicyclic) bond motifs is 1. The molecule has 4 rings (SSSR count). The smallest absolute Gasteiger partial charge is 0.259 e. The summed E-state index contributed by atoms with van der Waals surface area (Å²) in [6.45, 7) is 3.59. The van der Waals surface area contributed by atoms with Crippen molar-refractivity contribution in [2.24, 2.45) is 0 Å². The number of nitrogens with one attached hydrogen (secondary N) is 1. The number of ether oxygens (including phenoxy) is 1. The van der Waals surface area contributed by atoms with Gasteiger partial charge in [0, 0.05) is 11.6 Å². The zero-order chi connectivity index (χ0) is 19.1. The summed E-state index contributed by atoms with van der Waals surface area (Å²) in [5, 5.41) is 7.49. The van der Waals surface area contributed by atoms with Crippen LogP contribution >= 0.6 is 0 Å². The maximum atomic E-state index is 14.0. The Morgan fingerprint density at radius 3 is 2.81 bits per heavy atom. The Morgan fingerprint density at radius 1 is 1.37 bits per heavy atom. The summed E-state index contributed by atoms with van der Waals surface area (Å²) in [6.07, 6.45) is 2.13. The minimum absolute atomic E-state index is 0.169. The van der Waals surface area contributed by atoms with Crippen LogP contribution in [-0.4, -0.2) is 23.2 Å². The molecule has 1 unspecified atom stereocenters. The molecule has 1 atom stereocenters. The van der Waals surface area contributed by atoms with Gasteiger partial charge in [-0.2, -0.15) is 0 Å². The van der Waals surface area contributed by atoms with Crippen LogP contribution in [0.4, 0.5) is 4.39 Å². The Morgan fingerprint density at radius 2 is 2.15 bits per heavy atom. The molecule has 0 spiro atoms. The van der Waals surface area contributed by atoms with Crippen molar-refractivity contribution in [2.45, 2.75) is 38.6 Å². The van der Waals surface area contributed by atoms with Crippen molar-refractivity contribution < 1.29 is 18.4 Å². The van der Waals surface area contributed by atoms with Crippen LogP contribution in [0.15, 0.2) is 28.8 Å². The summed E-state index contributed by atoms with van der Waals surface area (Å²) in [6, 6.07) is 6.08. The van der Waals surface area contributed by atoms with E-state index < -0.39 is 5.82 Å². The Hall–Kier alpha value is -2.96. The standard InChI is InChI=1S/C20H20FN3O3/c1-10(13-6-7-17(26-3)15(21)8-13)22-19(25)14-9-16(12-4-5-12)23-20-18(14)11(2)24-27-20/h6-10,12H,4-5H2,1-3H3,(H,22,25). The maximum Gasteiger partial charge on any atom is 0.259 e. The SMILES string of the molecule is COc1ccc(C(C)NC(=O)c2cc(C3CC3)nc3onc(C)c23)cc1F. The molecule has 7 heteroatoms. The van der Waals surface area contributed by atoms with Gasteiger partial charge in [0.15, 0.2) is 11.6 Å². The number of aromatic nitrogens is 2. The van der Waals surface area contributed by atoms with Crippen LogP contribution in [0, 0.1) is 12.7 Å². The lowest BCUT2D eigenvalue weighted by molar-refractivity contribution is 0.0941. The van der Waals surface area contributed by atoms with Gasteiger partial charge >= 0.3 is 0 Å². The van der Waals surface area contributed by atoms with E-state index in [0.29, 0.717) is 33.8 Å². The van der Waals surface area contributed by atoms with Gasteiger partial charge in [0.25, 0.3) is 11.6 Å². The molecule has 2 heterocycles. The Balaban J connectivity index is 1.64. The van der Waals surface area contributed by atoms with Crippen molar-refractivity contribution >= 4 is 17.0 Å². The zero-order valence-corrected chi connectivity index (χ0v) is 15.4. The first-order valence-corrected chi connectivity index (χ1v) is 8.89. The van der Waals surface area contributed by atoms with E-state index >= 15 is 0 Å². The molecule has 6 nitrogen and oxygen atoms in total. The molecular formula is C20H20FN3O3. The van der Waals surface area contributed by atoms with Gasteiger partial charge in [-0.05, 0) is 50.5 Å². The fourth-order valence-corrected chi connectivity index (χ4v) is 3.19. The summed E-state index contributed by atoms with van der Waals surface area (Å²) in [7, 11) is 1.41. The van der Waals surface area contributed by atoms with Crippen molar-refractivity contribution in [1.82, 2.24) is 15.5 Å². The number of carbonyl (C=O) groups excluding carboxylic acids is 1. The van der Waals surface area contributed by atoms with Crippen LogP contribution in [0.25, 0.3) is 11.1 Å². The van der Waals surface area contributed by atoms with Crippen molar-refractivity contribution in [3.63, 3.8) is 0 Å². The zero-order valence-electron chi connectivity index (χ0n) is 15.4. The van der Waals surface area contributed by atoms with Crippen molar-refractivity contribution in [3.8, 4) is 5.75 Å².